The van der Waals surface area contributed by atoms with Gasteiger partial charge >= 0.3 is 0 Å². The fourth-order valence-electron chi connectivity index (χ4n) is 2.37. The minimum atomic E-state index is -0.152. The minimum absolute atomic E-state index is 0.152. The summed E-state index contributed by atoms with van der Waals surface area (Å²) in [6.45, 7) is 0.512. The number of rotatable bonds is 5. The number of amides is 1. The first-order valence-corrected chi connectivity index (χ1v) is 8.62. The Hall–Kier alpha value is -2.63. The molecule has 0 fully saturated rings. The Kier molecular flexibility index (Phi) is 5.71. The maximum Gasteiger partial charge on any atom is 0.257 e. The highest BCUT2D eigenvalue weighted by molar-refractivity contribution is 6.35. The molecule has 1 aromatic heterocycles. The molecule has 0 aliphatic heterocycles. The molecule has 5 nitrogen and oxygen atoms in total. The number of carbonyl (C=O) groups excluding carboxylic acids is 1. The highest BCUT2D eigenvalue weighted by atomic mass is 35.5. The fourth-order valence-corrected chi connectivity index (χ4v) is 2.70. The van der Waals surface area contributed by atoms with E-state index >= 15 is 0 Å². The van der Waals surface area contributed by atoms with E-state index in [0.717, 1.165) is 5.56 Å². The van der Waals surface area contributed by atoms with Crippen molar-refractivity contribution in [2.24, 2.45) is 0 Å². The Bertz CT molecular complexity index is 901. The Morgan fingerprint density at radius 3 is 2.46 bits per heavy atom. The van der Waals surface area contributed by atoms with Crippen molar-refractivity contribution in [2.45, 2.75) is 6.54 Å². The number of anilines is 2. The van der Waals surface area contributed by atoms with E-state index in [1.165, 1.54) is 12.4 Å². The molecule has 0 aliphatic rings. The molecule has 132 valence electrons. The van der Waals surface area contributed by atoms with Gasteiger partial charge in [-0.05, 0) is 23.8 Å². The Morgan fingerprint density at radius 2 is 1.77 bits per heavy atom. The fraction of sp³-hybridized carbons (Fsp3) is 0.105. The number of nitrogens with one attached hydrogen (secondary N) is 1. The third-order valence-electron chi connectivity index (χ3n) is 3.68. The van der Waals surface area contributed by atoms with Crippen molar-refractivity contribution in [3.63, 3.8) is 0 Å². The third kappa shape index (κ3) is 4.50. The second kappa shape index (κ2) is 8.17. The van der Waals surface area contributed by atoms with Crippen LogP contribution in [-0.2, 0) is 6.54 Å². The molecular formula is C19H16Cl2N4O. The van der Waals surface area contributed by atoms with E-state index in [4.69, 9.17) is 23.2 Å². The van der Waals surface area contributed by atoms with Crippen molar-refractivity contribution in [1.29, 1.82) is 0 Å². The van der Waals surface area contributed by atoms with Gasteiger partial charge in [0.05, 0.1) is 16.3 Å². The quantitative estimate of drug-likeness (QED) is 0.683. The highest BCUT2D eigenvalue weighted by Gasteiger charge is 2.13. The number of hydrogen-bond donors (Lipinski definition) is 1. The second-order valence-corrected chi connectivity index (χ2v) is 6.53. The van der Waals surface area contributed by atoms with E-state index in [-0.39, 0.29) is 5.91 Å². The zero-order valence-corrected chi connectivity index (χ0v) is 15.5. The van der Waals surface area contributed by atoms with Crippen LogP contribution in [-0.4, -0.2) is 27.8 Å². The number of aromatic nitrogens is 2. The molecule has 0 radical (unpaired) electrons. The standard InChI is InChI=1S/C19H16Cl2N4O/c1-25(12-13-5-3-2-4-6-13)18(26)14-10-22-19(23-11-14)24-17-9-15(20)7-8-16(17)21/h2-11H,12H2,1H3,(H,22,23,24). The molecular weight excluding hydrogens is 371 g/mol. The van der Waals surface area contributed by atoms with E-state index < -0.39 is 0 Å². The first-order valence-electron chi connectivity index (χ1n) is 7.86. The molecule has 2 aromatic carbocycles. The summed E-state index contributed by atoms with van der Waals surface area (Å²) in [5.41, 5.74) is 2.06. The molecule has 3 aromatic rings. The lowest BCUT2D eigenvalue weighted by atomic mass is 10.2. The van der Waals surface area contributed by atoms with Gasteiger partial charge in [-0.3, -0.25) is 4.79 Å². The van der Waals surface area contributed by atoms with Gasteiger partial charge in [0.1, 0.15) is 0 Å². The molecule has 0 aliphatic carbocycles. The first-order chi connectivity index (χ1) is 12.5. The molecule has 1 N–H and O–H groups in total. The van der Waals surface area contributed by atoms with E-state index in [9.17, 15) is 4.79 Å². The zero-order chi connectivity index (χ0) is 18.5. The molecule has 0 saturated carbocycles. The summed E-state index contributed by atoms with van der Waals surface area (Å²) in [5, 5.41) is 4.03. The maximum absolute atomic E-state index is 12.5. The van der Waals surface area contributed by atoms with E-state index in [2.05, 4.69) is 15.3 Å². The van der Waals surface area contributed by atoms with Gasteiger partial charge in [-0.15, -0.1) is 0 Å². The van der Waals surface area contributed by atoms with Gasteiger partial charge in [-0.2, -0.15) is 0 Å². The van der Waals surface area contributed by atoms with Crippen LogP contribution in [0, 0.1) is 0 Å². The van der Waals surface area contributed by atoms with Crippen LogP contribution in [0.5, 0.6) is 0 Å². The molecule has 0 atom stereocenters. The molecule has 0 saturated heterocycles. The monoisotopic (exact) mass is 386 g/mol. The minimum Gasteiger partial charge on any atom is -0.337 e. The van der Waals surface area contributed by atoms with Gasteiger partial charge in [-0.25, -0.2) is 9.97 Å². The topological polar surface area (TPSA) is 58.1 Å². The lowest BCUT2D eigenvalue weighted by molar-refractivity contribution is 0.0784. The van der Waals surface area contributed by atoms with Crippen molar-refractivity contribution >= 4 is 40.7 Å². The lowest BCUT2D eigenvalue weighted by Crippen LogP contribution is -2.26. The number of benzene rings is 2. The molecule has 1 heterocycles. The van der Waals surface area contributed by atoms with Crippen LogP contribution in [0.3, 0.4) is 0 Å². The summed E-state index contributed by atoms with van der Waals surface area (Å²) in [4.78, 5) is 22.5. The zero-order valence-electron chi connectivity index (χ0n) is 14.0. The van der Waals surface area contributed by atoms with Gasteiger partial charge in [-0.1, -0.05) is 53.5 Å². The average Bonchev–Trinajstić information content (AvgIpc) is 2.65. The van der Waals surface area contributed by atoms with Gasteiger partial charge < -0.3 is 10.2 Å². The molecule has 0 spiro atoms. The van der Waals surface area contributed by atoms with Crippen LogP contribution >= 0.6 is 23.2 Å². The van der Waals surface area contributed by atoms with Crippen molar-refractivity contribution < 1.29 is 4.79 Å². The summed E-state index contributed by atoms with van der Waals surface area (Å²) in [6, 6.07) is 14.8. The Morgan fingerprint density at radius 1 is 1.08 bits per heavy atom. The predicted octanol–water partition coefficient (Wildman–Crippen LogP) is 4.80. The summed E-state index contributed by atoms with van der Waals surface area (Å²) < 4.78 is 0. The van der Waals surface area contributed by atoms with Crippen LogP contribution in [0.25, 0.3) is 0 Å². The van der Waals surface area contributed by atoms with Gasteiger partial charge in [0, 0.05) is 31.0 Å². The first kappa shape index (κ1) is 18.2. The van der Waals surface area contributed by atoms with Gasteiger partial charge in [0.2, 0.25) is 5.95 Å². The van der Waals surface area contributed by atoms with Crippen molar-refractivity contribution in [1.82, 2.24) is 14.9 Å². The average molecular weight is 387 g/mol. The smallest absolute Gasteiger partial charge is 0.257 e. The molecule has 1 amide bonds. The largest absolute Gasteiger partial charge is 0.337 e. The van der Waals surface area contributed by atoms with Crippen LogP contribution in [0.4, 0.5) is 11.6 Å². The summed E-state index contributed by atoms with van der Waals surface area (Å²) >= 11 is 12.1. The van der Waals surface area contributed by atoms with Gasteiger partial charge in [0.25, 0.3) is 5.91 Å². The highest BCUT2D eigenvalue weighted by Crippen LogP contribution is 2.27. The summed E-state index contributed by atoms with van der Waals surface area (Å²) in [5.74, 6) is 0.178. The van der Waals surface area contributed by atoms with Gasteiger partial charge in [0.15, 0.2) is 0 Å². The third-order valence-corrected chi connectivity index (χ3v) is 4.25. The SMILES string of the molecule is CN(Cc1ccccc1)C(=O)c1cnc(Nc2cc(Cl)ccc2Cl)nc1. The normalized spacial score (nSPS) is 10.4. The van der Waals surface area contributed by atoms with Crippen LogP contribution in [0.15, 0.2) is 60.9 Å². The van der Waals surface area contributed by atoms with Crippen LogP contribution in [0.2, 0.25) is 10.0 Å². The number of nitrogens with zero attached hydrogens (tertiary/aromatic N) is 3. The second-order valence-electron chi connectivity index (χ2n) is 5.69. The molecule has 0 unspecified atom stereocenters. The van der Waals surface area contributed by atoms with E-state index in [1.54, 1.807) is 30.1 Å². The van der Waals surface area contributed by atoms with Crippen LogP contribution in [0.1, 0.15) is 15.9 Å². The molecule has 26 heavy (non-hydrogen) atoms. The number of halogens is 2. The van der Waals surface area contributed by atoms with Crippen molar-refractivity contribution in [3.05, 3.63) is 82.1 Å². The van der Waals surface area contributed by atoms with Crippen molar-refractivity contribution in [2.75, 3.05) is 12.4 Å². The molecule has 0 bridgehead atoms. The van der Waals surface area contributed by atoms with Crippen molar-refractivity contribution in [3.8, 4) is 0 Å². The van der Waals surface area contributed by atoms with E-state index in [0.29, 0.717) is 33.8 Å². The number of hydrogen-bond acceptors (Lipinski definition) is 4. The van der Waals surface area contributed by atoms with Crippen LogP contribution < -0.4 is 5.32 Å². The number of carbonyl (C=O) groups is 1. The summed E-state index contributed by atoms with van der Waals surface area (Å²) in [7, 11) is 1.74. The summed E-state index contributed by atoms with van der Waals surface area (Å²) in [6.07, 6.45) is 2.97. The Labute approximate surface area is 161 Å². The molecule has 3 rings (SSSR count). The Balaban J connectivity index is 1.68. The lowest BCUT2D eigenvalue weighted by Gasteiger charge is -2.17. The molecule has 7 heteroatoms. The van der Waals surface area contributed by atoms with E-state index in [1.807, 2.05) is 30.3 Å². The predicted molar refractivity (Wildman–Crippen MR) is 104 cm³/mol. The maximum atomic E-state index is 12.5.